The Bertz CT molecular complexity index is 1260. The Balaban J connectivity index is 1.55. The Morgan fingerprint density at radius 3 is 2.45 bits per heavy atom. The van der Waals surface area contributed by atoms with Crippen molar-refractivity contribution < 1.29 is 27.8 Å². The van der Waals surface area contributed by atoms with Crippen LogP contribution in [0.2, 0.25) is 0 Å². The van der Waals surface area contributed by atoms with E-state index in [1.54, 1.807) is 60.8 Å². The third-order valence-electron chi connectivity index (χ3n) is 5.04. The minimum atomic E-state index is -4.42. The molecule has 0 fully saturated rings. The standard InChI is InChI=1S/C25H19F3N2O3/c26-25(27,28)18-8-10-19(11-9-18)33-23-6-3-4-16-14-17(7-12-20(16)23)24(32)30-22(15-31)21-5-1-2-13-29-21/h1-14,22,31H,15H2,(H,30,32)/t22-/m0/s1. The first kappa shape index (κ1) is 22.3. The van der Waals surface area contributed by atoms with Gasteiger partial charge >= 0.3 is 6.18 Å². The maximum atomic E-state index is 12.8. The van der Waals surface area contributed by atoms with Crippen molar-refractivity contribution in [3.8, 4) is 11.5 Å². The number of halogens is 3. The van der Waals surface area contributed by atoms with Crippen LogP contribution < -0.4 is 10.1 Å². The molecule has 3 aromatic carbocycles. The molecule has 2 N–H and O–H groups in total. The number of fused-ring (bicyclic) bond motifs is 1. The number of hydrogen-bond donors (Lipinski definition) is 2. The Kier molecular flexibility index (Phi) is 6.28. The minimum Gasteiger partial charge on any atom is -0.457 e. The number of ether oxygens (including phenoxy) is 1. The Morgan fingerprint density at radius 1 is 1.00 bits per heavy atom. The lowest BCUT2D eigenvalue weighted by molar-refractivity contribution is -0.137. The molecule has 0 unspecified atom stereocenters. The number of nitrogens with one attached hydrogen (secondary N) is 1. The van der Waals surface area contributed by atoms with Gasteiger partial charge in [0, 0.05) is 17.1 Å². The highest BCUT2D eigenvalue weighted by atomic mass is 19.4. The predicted octanol–water partition coefficient (Wildman–Crippen LogP) is 5.51. The first-order valence-corrected chi connectivity index (χ1v) is 10.1. The van der Waals surface area contributed by atoms with Gasteiger partial charge in [-0.3, -0.25) is 9.78 Å². The zero-order valence-corrected chi connectivity index (χ0v) is 17.2. The van der Waals surface area contributed by atoms with Crippen LogP contribution in [0.1, 0.15) is 27.7 Å². The fourth-order valence-corrected chi connectivity index (χ4v) is 3.36. The summed E-state index contributed by atoms with van der Waals surface area (Å²) in [5.74, 6) is 0.329. The first-order chi connectivity index (χ1) is 15.8. The maximum Gasteiger partial charge on any atom is 0.416 e. The Hall–Kier alpha value is -3.91. The highest BCUT2D eigenvalue weighted by Gasteiger charge is 2.30. The van der Waals surface area contributed by atoms with Gasteiger partial charge in [0.15, 0.2) is 0 Å². The quantitative estimate of drug-likeness (QED) is 0.405. The second-order valence-corrected chi connectivity index (χ2v) is 7.28. The summed E-state index contributed by atoms with van der Waals surface area (Å²) in [7, 11) is 0. The molecular formula is C25H19F3N2O3. The number of hydrogen-bond acceptors (Lipinski definition) is 4. The molecule has 0 radical (unpaired) electrons. The van der Waals surface area contributed by atoms with Crippen molar-refractivity contribution in [2.24, 2.45) is 0 Å². The van der Waals surface area contributed by atoms with Crippen LogP contribution in [0.5, 0.6) is 11.5 Å². The first-order valence-electron chi connectivity index (χ1n) is 10.1. The molecule has 0 saturated heterocycles. The summed E-state index contributed by atoms with van der Waals surface area (Å²) in [6.45, 7) is -0.304. The molecule has 0 saturated carbocycles. The Labute approximate surface area is 187 Å². The summed E-state index contributed by atoms with van der Waals surface area (Å²) >= 11 is 0. The maximum absolute atomic E-state index is 12.8. The van der Waals surface area contributed by atoms with Gasteiger partial charge in [-0.2, -0.15) is 13.2 Å². The monoisotopic (exact) mass is 452 g/mol. The van der Waals surface area contributed by atoms with E-state index in [-0.39, 0.29) is 18.3 Å². The summed E-state index contributed by atoms with van der Waals surface area (Å²) in [6, 6.07) is 19.2. The van der Waals surface area contributed by atoms with E-state index in [4.69, 9.17) is 4.74 Å². The molecule has 168 valence electrons. The van der Waals surface area contributed by atoms with Crippen LogP contribution in [0.25, 0.3) is 10.8 Å². The van der Waals surface area contributed by atoms with E-state index in [0.717, 1.165) is 12.1 Å². The van der Waals surface area contributed by atoms with Crippen LogP contribution in [-0.2, 0) is 6.18 Å². The fourth-order valence-electron chi connectivity index (χ4n) is 3.36. The molecule has 33 heavy (non-hydrogen) atoms. The lowest BCUT2D eigenvalue weighted by Crippen LogP contribution is -2.31. The molecule has 0 spiro atoms. The average molecular weight is 452 g/mol. The van der Waals surface area contributed by atoms with Crippen molar-refractivity contribution in [1.82, 2.24) is 10.3 Å². The van der Waals surface area contributed by atoms with E-state index in [1.807, 2.05) is 0 Å². The zero-order valence-electron chi connectivity index (χ0n) is 17.2. The predicted molar refractivity (Wildman–Crippen MR) is 117 cm³/mol. The number of aliphatic hydroxyl groups excluding tert-OH is 1. The van der Waals surface area contributed by atoms with Crippen LogP contribution in [-0.4, -0.2) is 22.6 Å². The topological polar surface area (TPSA) is 71.5 Å². The van der Waals surface area contributed by atoms with E-state index in [2.05, 4.69) is 10.3 Å². The number of pyridine rings is 1. The summed E-state index contributed by atoms with van der Waals surface area (Å²) in [5, 5.41) is 13.8. The smallest absolute Gasteiger partial charge is 0.416 e. The van der Waals surface area contributed by atoms with Gasteiger partial charge in [0.2, 0.25) is 0 Å². The van der Waals surface area contributed by atoms with Gasteiger partial charge in [-0.15, -0.1) is 0 Å². The van der Waals surface area contributed by atoms with E-state index < -0.39 is 17.8 Å². The lowest BCUT2D eigenvalue weighted by Gasteiger charge is -2.16. The van der Waals surface area contributed by atoms with Gasteiger partial charge in [-0.1, -0.05) is 18.2 Å². The molecule has 1 atom stereocenters. The number of alkyl halides is 3. The number of amides is 1. The largest absolute Gasteiger partial charge is 0.457 e. The van der Waals surface area contributed by atoms with Gasteiger partial charge in [0.1, 0.15) is 11.5 Å². The Morgan fingerprint density at radius 2 is 1.79 bits per heavy atom. The van der Waals surface area contributed by atoms with Crippen molar-refractivity contribution in [1.29, 1.82) is 0 Å². The number of rotatable bonds is 6. The van der Waals surface area contributed by atoms with Gasteiger partial charge in [0.05, 0.1) is 23.9 Å². The van der Waals surface area contributed by atoms with E-state index >= 15 is 0 Å². The third-order valence-corrected chi connectivity index (χ3v) is 5.04. The van der Waals surface area contributed by atoms with E-state index in [0.29, 0.717) is 27.8 Å². The summed E-state index contributed by atoms with van der Waals surface area (Å²) in [5.41, 5.74) is 0.167. The van der Waals surface area contributed by atoms with Crippen LogP contribution in [0, 0.1) is 0 Å². The molecule has 0 aliphatic carbocycles. The molecule has 1 heterocycles. The molecule has 0 aliphatic heterocycles. The van der Waals surface area contributed by atoms with Gasteiger partial charge < -0.3 is 15.2 Å². The molecule has 1 aromatic heterocycles. The van der Waals surface area contributed by atoms with Crippen LogP contribution in [0.15, 0.2) is 85.1 Å². The van der Waals surface area contributed by atoms with Crippen molar-refractivity contribution in [3.63, 3.8) is 0 Å². The minimum absolute atomic E-state index is 0.262. The van der Waals surface area contributed by atoms with Crippen LogP contribution in [0.4, 0.5) is 13.2 Å². The highest BCUT2D eigenvalue weighted by Crippen LogP contribution is 2.33. The van der Waals surface area contributed by atoms with Crippen molar-refractivity contribution >= 4 is 16.7 Å². The number of aromatic nitrogens is 1. The summed E-state index contributed by atoms with van der Waals surface area (Å²) in [4.78, 5) is 16.9. The third kappa shape index (κ3) is 5.12. The van der Waals surface area contributed by atoms with Gasteiger partial charge in [-0.05, 0) is 66.0 Å². The number of nitrogens with zero attached hydrogens (tertiary/aromatic N) is 1. The second-order valence-electron chi connectivity index (χ2n) is 7.28. The molecule has 0 aliphatic rings. The number of benzene rings is 3. The average Bonchev–Trinajstić information content (AvgIpc) is 2.82. The van der Waals surface area contributed by atoms with Crippen LogP contribution in [0.3, 0.4) is 0 Å². The van der Waals surface area contributed by atoms with Crippen molar-refractivity contribution in [2.45, 2.75) is 12.2 Å². The summed E-state index contributed by atoms with van der Waals surface area (Å²) < 4.78 is 44.1. The number of aliphatic hydroxyl groups is 1. The molecule has 4 rings (SSSR count). The van der Waals surface area contributed by atoms with Crippen molar-refractivity contribution in [2.75, 3.05) is 6.61 Å². The number of carbonyl (C=O) groups excluding carboxylic acids is 1. The molecular weight excluding hydrogens is 433 g/mol. The summed E-state index contributed by atoms with van der Waals surface area (Å²) in [6.07, 6.45) is -2.83. The van der Waals surface area contributed by atoms with E-state index in [9.17, 15) is 23.1 Å². The zero-order chi connectivity index (χ0) is 23.4. The SMILES string of the molecule is O=C(N[C@@H](CO)c1ccccn1)c1ccc2c(Oc3ccc(C(F)(F)F)cc3)cccc2c1. The molecule has 4 aromatic rings. The van der Waals surface area contributed by atoms with Gasteiger partial charge in [-0.25, -0.2) is 0 Å². The normalized spacial score (nSPS) is 12.4. The molecule has 0 bridgehead atoms. The van der Waals surface area contributed by atoms with Crippen molar-refractivity contribution in [3.05, 3.63) is 102 Å². The molecule has 8 heteroatoms. The fraction of sp³-hybridized carbons (Fsp3) is 0.120. The van der Waals surface area contributed by atoms with E-state index in [1.165, 1.54) is 12.1 Å². The molecule has 1 amide bonds. The molecule has 5 nitrogen and oxygen atoms in total. The lowest BCUT2D eigenvalue weighted by atomic mass is 10.0. The van der Waals surface area contributed by atoms with Crippen LogP contribution >= 0.6 is 0 Å². The highest BCUT2D eigenvalue weighted by molar-refractivity contribution is 6.00. The van der Waals surface area contributed by atoms with Gasteiger partial charge in [0.25, 0.3) is 5.91 Å². The second kappa shape index (κ2) is 9.30. The number of carbonyl (C=O) groups is 1.